The van der Waals surface area contributed by atoms with Crippen molar-refractivity contribution in [3.63, 3.8) is 0 Å². The van der Waals surface area contributed by atoms with Gasteiger partial charge in [-0.3, -0.25) is 4.79 Å². The number of aryl methyl sites for hydroxylation is 1. The summed E-state index contributed by atoms with van der Waals surface area (Å²) < 4.78 is 18.8. The third-order valence-electron chi connectivity index (χ3n) is 5.39. The highest BCUT2D eigenvalue weighted by Crippen LogP contribution is 2.24. The summed E-state index contributed by atoms with van der Waals surface area (Å²) in [5.41, 5.74) is 2.31. The Kier molecular flexibility index (Phi) is 6.40. The van der Waals surface area contributed by atoms with Gasteiger partial charge < -0.3 is 15.0 Å². The van der Waals surface area contributed by atoms with Gasteiger partial charge in [0.05, 0.1) is 0 Å². The Morgan fingerprint density at radius 3 is 2.52 bits per heavy atom. The Balaban J connectivity index is 1.29. The number of piperidine rings is 1. The maximum atomic E-state index is 13.1. The number of ether oxygens (including phenoxy) is 1. The molecular weight excluding hydrogens is 395 g/mol. The van der Waals surface area contributed by atoms with Crippen LogP contribution in [-0.2, 0) is 11.3 Å². The second-order valence-corrected chi connectivity index (χ2v) is 7.72. The largest absolute Gasteiger partial charge is 0.439 e. The molecule has 0 unspecified atom stereocenters. The fraction of sp³-hybridized carbons (Fsp3) is 0.292. The molecule has 31 heavy (non-hydrogen) atoms. The smallest absolute Gasteiger partial charge is 0.228 e. The van der Waals surface area contributed by atoms with Crippen LogP contribution in [-0.4, -0.2) is 29.0 Å². The molecule has 0 spiro atoms. The fourth-order valence-corrected chi connectivity index (χ4v) is 3.55. The predicted molar refractivity (Wildman–Crippen MR) is 116 cm³/mol. The Morgan fingerprint density at radius 2 is 1.81 bits per heavy atom. The van der Waals surface area contributed by atoms with E-state index >= 15 is 0 Å². The maximum Gasteiger partial charge on any atom is 0.228 e. The molecule has 1 fully saturated rings. The number of benzene rings is 2. The van der Waals surface area contributed by atoms with Crippen molar-refractivity contribution >= 4 is 11.9 Å². The van der Waals surface area contributed by atoms with Crippen LogP contribution in [0.15, 0.2) is 60.8 Å². The normalized spacial score (nSPS) is 14.3. The van der Waals surface area contributed by atoms with Crippen LogP contribution in [0.5, 0.6) is 11.6 Å². The van der Waals surface area contributed by atoms with Crippen LogP contribution in [0.2, 0.25) is 0 Å². The molecule has 2 heterocycles. The molecule has 0 atom stereocenters. The molecule has 1 saturated heterocycles. The first kappa shape index (κ1) is 20.8. The molecule has 1 aliphatic heterocycles. The Labute approximate surface area is 181 Å². The fourth-order valence-electron chi connectivity index (χ4n) is 3.55. The lowest BCUT2D eigenvalue weighted by Gasteiger charge is -2.31. The Hall–Kier alpha value is -3.48. The zero-order valence-electron chi connectivity index (χ0n) is 17.4. The molecule has 1 aliphatic rings. The van der Waals surface area contributed by atoms with Gasteiger partial charge in [0.2, 0.25) is 17.7 Å². The SMILES string of the molecule is Cc1ccc(CNC(=O)C2CCN(c3nccc(Oc4ccc(F)cc4)n3)CC2)cc1. The quantitative estimate of drug-likeness (QED) is 0.646. The van der Waals surface area contributed by atoms with Crippen LogP contribution in [0.3, 0.4) is 0 Å². The van der Waals surface area contributed by atoms with Crippen LogP contribution in [0.1, 0.15) is 24.0 Å². The van der Waals surface area contributed by atoms with Crippen molar-refractivity contribution in [3.8, 4) is 11.6 Å². The standard InChI is InChI=1S/C24H25FN4O2/c1-17-2-4-18(5-3-17)16-27-23(30)19-11-14-29(15-12-19)24-26-13-10-22(28-24)31-21-8-6-20(25)7-9-21/h2-10,13,19H,11-12,14-16H2,1H3,(H,27,30). The van der Waals surface area contributed by atoms with E-state index in [1.165, 1.54) is 17.7 Å². The van der Waals surface area contributed by atoms with Gasteiger partial charge in [-0.05, 0) is 49.6 Å². The summed E-state index contributed by atoms with van der Waals surface area (Å²) in [7, 11) is 0. The van der Waals surface area contributed by atoms with Crippen molar-refractivity contribution in [2.75, 3.05) is 18.0 Å². The van der Waals surface area contributed by atoms with Crippen molar-refractivity contribution in [3.05, 3.63) is 77.7 Å². The third kappa shape index (κ3) is 5.57. The topological polar surface area (TPSA) is 67.4 Å². The van der Waals surface area contributed by atoms with E-state index < -0.39 is 0 Å². The molecule has 0 radical (unpaired) electrons. The summed E-state index contributed by atoms with van der Waals surface area (Å²) in [5, 5.41) is 3.05. The van der Waals surface area contributed by atoms with E-state index in [-0.39, 0.29) is 17.6 Å². The summed E-state index contributed by atoms with van der Waals surface area (Å²) in [5.74, 6) is 1.24. The molecule has 160 valence electrons. The Bertz CT molecular complexity index is 1020. The highest BCUT2D eigenvalue weighted by atomic mass is 19.1. The summed E-state index contributed by atoms with van der Waals surface area (Å²) in [6.07, 6.45) is 3.12. The van der Waals surface area contributed by atoms with Crippen molar-refractivity contribution < 1.29 is 13.9 Å². The Morgan fingerprint density at radius 1 is 1.10 bits per heavy atom. The number of amides is 1. The molecule has 0 saturated carbocycles. The van der Waals surface area contributed by atoms with Crippen molar-refractivity contribution in [1.29, 1.82) is 0 Å². The molecule has 2 aromatic carbocycles. The molecule has 1 N–H and O–H groups in total. The van der Waals surface area contributed by atoms with Crippen LogP contribution < -0.4 is 15.0 Å². The van der Waals surface area contributed by atoms with E-state index in [2.05, 4.69) is 20.2 Å². The number of carbonyl (C=O) groups is 1. The van der Waals surface area contributed by atoms with Gasteiger partial charge in [-0.25, -0.2) is 9.37 Å². The van der Waals surface area contributed by atoms with Gasteiger partial charge in [-0.15, -0.1) is 0 Å². The number of anilines is 1. The summed E-state index contributed by atoms with van der Waals surface area (Å²) in [6.45, 7) is 3.99. The molecule has 7 heteroatoms. The van der Waals surface area contributed by atoms with Crippen LogP contribution in [0.4, 0.5) is 10.3 Å². The highest BCUT2D eigenvalue weighted by molar-refractivity contribution is 5.78. The number of nitrogens with one attached hydrogen (secondary N) is 1. The average Bonchev–Trinajstić information content (AvgIpc) is 2.80. The molecule has 4 rings (SSSR count). The van der Waals surface area contributed by atoms with E-state index in [9.17, 15) is 9.18 Å². The summed E-state index contributed by atoms with van der Waals surface area (Å²) >= 11 is 0. The van der Waals surface area contributed by atoms with E-state index in [0.717, 1.165) is 18.4 Å². The molecule has 6 nitrogen and oxygen atoms in total. The zero-order valence-corrected chi connectivity index (χ0v) is 17.4. The minimum atomic E-state index is -0.318. The minimum absolute atomic E-state index is 0.0136. The van der Waals surface area contributed by atoms with Crippen molar-refractivity contribution in [2.24, 2.45) is 5.92 Å². The summed E-state index contributed by atoms with van der Waals surface area (Å²) in [4.78, 5) is 23.4. The van der Waals surface area contributed by atoms with Gasteiger partial charge >= 0.3 is 0 Å². The highest BCUT2D eigenvalue weighted by Gasteiger charge is 2.26. The molecule has 1 aromatic heterocycles. The van der Waals surface area contributed by atoms with Gasteiger partial charge in [0.25, 0.3) is 0 Å². The molecule has 3 aromatic rings. The van der Waals surface area contributed by atoms with Crippen molar-refractivity contribution in [2.45, 2.75) is 26.3 Å². The van der Waals surface area contributed by atoms with Crippen LogP contribution in [0.25, 0.3) is 0 Å². The van der Waals surface area contributed by atoms with Crippen molar-refractivity contribution in [1.82, 2.24) is 15.3 Å². The first-order chi connectivity index (χ1) is 15.1. The number of nitrogens with zero attached hydrogens (tertiary/aromatic N) is 3. The van der Waals surface area contributed by atoms with Gasteiger partial charge in [-0.1, -0.05) is 29.8 Å². The minimum Gasteiger partial charge on any atom is -0.439 e. The summed E-state index contributed by atoms with van der Waals surface area (Å²) in [6, 6.07) is 15.6. The lowest BCUT2D eigenvalue weighted by atomic mass is 9.96. The molecule has 0 bridgehead atoms. The molecular formula is C24H25FN4O2. The molecule has 1 amide bonds. The number of rotatable bonds is 6. The first-order valence-corrected chi connectivity index (χ1v) is 10.4. The maximum absolute atomic E-state index is 13.1. The van der Waals surface area contributed by atoms with Crippen LogP contribution in [0, 0.1) is 18.7 Å². The van der Waals surface area contributed by atoms with Gasteiger partial charge in [-0.2, -0.15) is 4.98 Å². The third-order valence-corrected chi connectivity index (χ3v) is 5.39. The van der Waals surface area contributed by atoms with E-state index in [1.807, 2.05) is 31.2 Å². The van der Waals surface area contributed by atoms with Gasteiger partial charge in [0.1, 0.15) is 11.6 Å². The lowest BCUT2D eigenvalue weighted by molar-refractivity contribution is -0.125. The van der Waals surface area contributed by atoms with E-state index in [1.54, 1.807) is 24.4 Å². The molecule has 0 aliphatic carbocycles. The lowest BCUT2D eigenvalue weighted by Crippen LogP contribution is -2.41. The zero-order chi connectivity index (χ0) is 21.6. The first-order valence-electron chi connectivity index (χ1n) is 10.4. The van der Waals surface area contributed by atoms with Gasteiger partial charge in [0.15, 0.2) is 0 Å². The number of hydrogen-bond donors (Lipinski definition) is 1. The second kappa shape index (κ2) is 9.55. The van der Waals surface area contributed by atoms with E-state index in [0.29, 0.717) is 37.2 Å². The number of hydrogen-bond acceptors (Lipinski definition) is 5. The second-order valence-electron chi connectivity index (χ2n) is 7.72. The van der Waals surface area contributed by atoms with Gasteiger partial charge in [0, 0.05) is 37.8 Å². The predicted octanol–water partition coefficient (Wildman–Crippen LogP) is 4.25. The number of halogens is 1. The van der Waals surface area contributed by atoms with Crippen LogP contribution >= 0.6 is 0 Å². The monoisotopic (exact) mass is 420 g/mol. The van der Waals surface area contributed by atoms with E-state index in [4.69, 9.17) is 4.74 Å². The number of aromatic nitrogens is 2. The average molecular weight is 420 g/mol. The number of carbonyl (C=O) groups excluding carboxylic acids is 1.